The normalized spacial score (nSPS) is 19.7. The molecule has 0 bridgehead atoms. The molecule has 0 saturated carbocycles. The summed E-state index contributed by atoms with van der Waals surface area (Å²) in [6.07, 6.45) is 1.40. The summed E-state index contributed by atoms with van der Waals surface area (Å²) in [5, 5.41) is 8.27. The molecule has 1 atom stereocenters. The average molecular weight is 268 g/mol. The summed E-state index contributed by atoms with van der Waals surface area (Å²) in [6, 6.07) is 2.11. The summed E-state index contributed by atoms with van der Waals surface area (Å²) in [4.78, 5) is 13.1. The van der Waals surface area contributed by atoms with E-state index in [-0.39, 0.29) is 12.0 Å². The fourth-order valence-corrected chi connectivity index (χ4v) is 2.92. The summed E-state index contributed by atoms with van der Waals surface area (Å²) in [7, 11) is 0. The second kappa shape index (κ2) is 6.87. The molecule has 2 rings (SSSR count). The highest BCUT2D eigenvalue weighted by molar-refractivity contribution is 7.10. The Morgan fingerprint density at radius 3 is 3.22 bits per heavy atom. The second-order valence-electron chi connectivity index (χ2n) is 4.53. The molecule has 1 amide bonds. The Balaban J connectivity index is 1.64. The van der Waals surface area contributed by atoms with Crippen molar-refractivity contribution >= 4 is 17.2 Å². The predicted octanol–water partition coefficient (Wildman–Crippen LogP) is 1.09. The van der Waals surface area contributed by atoms with E-state index in [2.05, 4.69) is 29.0 Å². The number of morpholine rings is 1. The fourth-order valence-electron chi connectivity index (χ4n) is 2.01. The van der Waals surface area contributed by atoms with Crippen LogP contribution in [0.15, 0.2) is 11.4 Å². The van der Waals surface area contributed by atoms with E-state index in [1.165, 1.54) is 10.4 Å². The molecule has 4 nitrogen and oxygen atoms in total. The Kier molecular flexibility index (Phi) is 5.16. The van der Waals surface area contributed by atoms with Crippen molar-refractivity contribution in [2.24, 2.45) is 0 Å². The van der Waals surface area contributed by atoms with E-state index in [0.717, 1.165) is 19.5 Å². The Bertz CT molecular complexity index is 386. The Labute approximate surface area is 112 Å². The van der Waals surface area contributed by atoms with E-state index >= 15 is 0 Å². The third-order valence-electron chi connectivity index (χ3n) is 3.06. The number of hydrogen-bond acceptors (Lipinski definition) is 4. The van der Waals surface area contributed by atoms with Gasteiger partial charge >= 0.3 is 0 Å². The molecule has 1 fully saturated rings. The van der Waals surface area contributed by atoms with Gasteiger partial charge < -0.3 is 15.4 Å². The predicted molar refractivity (Wildman–Crippen MR) is 73.0 cm³/mol. The number of ether oxygens (including phenoxy) is 1. The first-order valence-corrected chi connectivity index (χ1v) is 7.25. The minimum atomic E-state index is 0.0298. The standard InChI is InChI=1S/C13H20N2O2S/c1-10-3-7-18-12(10)2-4-15-13(16)8-11-9-14-5-6-17-11/h3,7,11,14H,2,4-6,8-9H2,1H3,(H,15,16). The lowest BCUT2D eigenvalue weighted by molar-refractivity contribution is -0.124. The third-order valence-corrected chi connectivity index (χ3v) is 4.14. The van der Waals surface area contributed by atoms with Gasteiger partial charge in [0.15, 0.2) is 0 Å². The van der Waals surface area contributed by atoms with E-state index in [1.54, 1.807) is 11.3 Å². The van der Waals surface area contributed by atoms with Crippen molar-refractivity contribution in [1.29, 1.82) is 0 Å². The molecular formula is C13H20N2O2S. The van der Waals surface area contributed by atoms with Crippen molar-refractivity contribution < 1.29 is 9.53 Å². The Morgan fingerprint density at radius 1 is 1.67 bits per heavy atom. The lowest BCUT2D eigenvalue weighted by atomic mass is 10.2. The van der Waals surface area contributed by atoms with Crippen LogP contribution in [0, 0.1) is 6.92 Å². The van der Waals surface area contributed by atoms with Crippen molar-refractivity contribution in [2.75, 3.05) is 26.2 Å². The number of thiophene rings is 1. The summed E-state index contributed by atoms with van der Waals surface area (Å²) in [5.41, 5.74) is 1.31. The number of amides is 1. The van der Waals surface area contributed by atoms with Gasteiger partial charge in [-0.15, -0.1) is 11.3 Å². The second-order valence-corrected chi connectivity index (χ2v) is 5.53. The van der Waals surface area contributed by atoms with E-state index in [0.29, 0.717) is 19.6 Å². The van der Waals surface area contributed by atoms with Gasteiger partial charge in [0, 0.05) is 24.5 Å². The first-order chi connectivity index (χ1) is 8.75. The first kappa shape index (κ1) is 13.5. The van der Waals surface area contributed by atoms with Crippen LogP contribution in [-0.4, -0.2) is 38.3 Å². The van der Waals surface area contributed by atoms with Crippen molar-refractivity contribution in [1.82, 2.24) is 10.6 Å². The largest absolute Gasteiger partial charge is 0.375 e. The fraction of sp³-hybridized carbons (Fsp3) is 0.615. The average Bonchev–Trinajstić information content (AvgIpc) is 2.76. The SMILES string of the molecule is Cc1ccsc1CCNC(=O)CC1CNCCO1. The number of rotatable bonds is 5. The molecule has 1 aliphatic heterocycles. The molecular weight excluding hydrogens is 248 g/mol. The molecule has 1 aromatic heterocycles. The van der Waals surface area contributed by atoms with Gasteiger partial charge in [0.05, 0.1) is 19.1 Å². The zero-order valence-corrected chi connectivity index (χ0v) is 11.5. The van der Waals surface area contributed by atoms with E-state index in [1.807, 2.05) is 0 Å². The lowest BCUT2D eigenvalue weighted by Crippen LogP contribution is -2.41. The van der Waals surface area contributed by atoms with Gasteiger partial charge in [-0.1, -0.05) is 0 Å². The van der Waals surface area contributed by atoms with Crippen LogP contribution in [0.2, 0.25) is 0 Å². The van der Waals surface area contributed by atoms with Gasteiger partial charge in [-0.05, 0) is 30.4 Å². The zero-order valence-electron chi connectivity index (χ0n) is 10.7. The molecule has 1 aromatic rings. The molecule has 0 spiro atoms. The van der Waals surface area contributed by atoms with Crippen LogP contribution in [-0.2, 0) is 16.0 Å². The number of carbonyl (C=O) groups is 1. The highest BCUT2D eigenvalue weighted by Gasteiger charge is 2.16. The third kappa shape index (κ3) is 4.08. The van der Waals surface area contributed by atoms with Gasteiger partial charge in [0.2, 0.25) is 5.91 Å². The summed E-state index contributed by atoms with van der Waals surface area (Å²) < 4.78 is 5.50. The van der Waals surface area contributed by atoms with Crippen LogP contribution in [0.25, 0.3) is 0 Å². The Morgan fingerprint density at radius 2 is 2.56 bits per heavy atom. The number of carbonyl (C=O) groups excluding carboxylic acids is 1. The monoisotopic (exact) mass is 268 g/mol. The van der Waals surface area contributed by atoms with E-state index in [4.69, 9.17) is 4.74 Å². The number of hydrogen-bond donors (Lipinski definition) is 2. The first-order valence-electron chi connectivity index (χ1n) is 6.37. The smallest absolute Gasteiger partial charge is 0.222 e. The van der Waals surface area contributed by atoms with Crippen LogP contribution in [0.1, 0.15) is 16.9 Å². The molecule has 2 N–H and O–H groups in total. The van der Waals surface area contributed by atoms with Crippen molar-refractivity contribution in [3.05, 3.63) is 21.9 Å². The van der Waals surface area contributed by atoms with Gasteiger partial charge in [0.25, 0.3) is 0 Å². The highest BCUT2D eigenvalue weighted by atomic mass is 32.1. The van der Waals surface area contributed by atoms with Crippen LogP contribution in [0.3, 0.4) is 0 Å². The summed E-state index contributed by atoms with van der Waals surface area (Å²) in [6.45, 7) is 5.18. The van der Waals surface area contributed by atoms with Crippen LogP contribution in [0.4, 0.5) is 0 Å². The maximum Gasteiger partial charge on any atom is 0.222 e. The lowest BCUT2D eigenvalue weighted by Gasteiger charge is -2.23. The minimum Gasteiger partial charge on any atom is -0.375 e. The molecule has 5 heteroatoms. The molecule has 2 heterocycles. The maximum atomic E-state index is 11.7. The van der Waals surface area contributed by atoms with Crippen LogP contribution < -0.4 is 10.6 Å². The molecule has 1 unspecified atom stereocenters. The number of nitrogens with one attached hydrogen (secondary N) is 2. The topological polar surface area (TPSA) is 50.4 Å². The van der Waals surface area contributed by atoms with Gasteiger partial charge in [-0.2, -0.15) is 0 Å². The summed E-state index contributed by atoms with van der Waals surface area (Å²) in [5.74, 6) is 0.0814. The molecule has 0 aromatic carbocycles. The van der Waals surface area contributed by atoms with E-state index < -0.39 is 0 Å². The molecule has 100 valence electrons. The van der Waals surface area contributed by atoms with Crippen molar-refractivity contribution in [3.8, 4) is 0 Å². The molecule has 1 saturated heterocycles. The molecule has 1 aliphatic rings. The minimum absolute atomic E-state index is 0.0298. The summed E-state index contributed by atoms with van der Waals surface area (Å²) >= 11 is 1.75. The van der Waals surface area contributed by atoms with Gasteiger partial charge in [-0.3, -0.25) is 4.79 Å². The Hall–Kier alpha value is -0.910. The molecule has 0 radical (unpaired) electrons. The van der Waals surface area contributed by atoms with Gasteiger partial charge in [0.1, 0.15) is 0 Å². The molecule has 18 heavy (non-hydrogen) atoms. The van der Waals surface area contributed by atoms with Gasteiger partial charge in [-0.25, -0.2) is 0 Å². The van der Waals surface area contributed by atoms with Crippen molar-refractivity contribution in [3.63, 3.8) is 0 Å². The quantitative estimate of drug-likeness (QED) is 0.840. The number of aryl methyl sites for hydroxylation is 1. The zero-order chi connectivity index (χ0) is 12.8. The highest BCUT2D eigenvalue weighted by Crippen LogP contribution is 2.15. The molecule has 0 aliphatic carbocycles. The van der Waals surface area contributed by atoms with Crippen molar-refractivity contribution in [2.45, 2.75) is 25.9 Å². The van der Waals surface area contributed by atoms with E-state index in [9.17, 15) is 4.79 Å². The maximum absolute atomic E-state index is 11.7. The van der Waals surface area contributed by atoms with Crippen LogP contribution >= 0.6 is 11.3 Å². The van der Waals surface area contributed by atoms with Crippen LogP contribution in [0.5, 0.6) is 0 Å².